The van der Waals surface area contributed by atoms with E-state index in [-0.39, 0.29) is 10.6 Å². The molecule has 2 rings (SSSR count). The zero-order chi connectivity index (χ0) is 14.0. The predicted octanol–water partition coefficient (Wildman–Crippen LogP) is 4.09. The predicted molar refractivity (Wildman–Crippen MR) is 73.3 cm³/mol. The Hall–Kier alpha value is -1.65. The van der Waals surface area contributed by atoms with E-state index >= 15 is 0 Å². The summed E-state index contributed by atoms with van der Waals surface area (Å²) in [6.45, 7) is 1.76. The molecule has 19 heavy (non-hydrogen) atoms. The molecular formula is C13H9Cl2FN2O. The van der Waals surface area contributed by atoms with Crippen LogP contribution in [0.1, 0.15) is 15.9 Å². The SMILES string of the molecule is Cc1cc(NC(=O)c2ccc(Cl)cc2F)cnc1Cl. The highest BCUT2D eigenvalue weighted by atomic mass is 35.5. The van der Waals surface area contributed by atoms with Crippen LogP contribution in [0.2, 0.25) is 10.2 Å². The summed E-state index contributed by atoms with van der Waals surface area (Å²) in [6.07, 6.45) is 1.40. The number of rotatable bonds is 2. The van der Waals surface area contributed by atoms with Crippen LogP contribution in [0.5, 0.6) is 0 Å². The zero-order valence-corrected chi connectivity index (χ0v) is 11.4. The lowest BCUT2D eigenvalue weighted by Gasteiger charge is -2.07. The first-order valence-electron chi connectivity index (χ1n) is 5.36. The number of nitrogens with zero attached hydrogens (tertiary/aromatic N) is 1. The number of aromatic nitrogens is 1. The molecule has 1 aromatic carbocycles. The highest BCUT2D eigenvalue weighted by Crippen LogP contribution is 2.19. The third-order valence-electron chi connectivity index (χ3n) is 2.45. The van der Waals surface area contributed by atoms with Crippen molar-refractivity contribution in [2.24, 2.45) is 0 Å². The summed E-state index contributed by atoms with van der Waals surface area (Å²) in [5.41, 5.74) is 1.08. The molecule has 0 atom stereocenters. The molecule has 0 aliphatic heterocycles. The molecule has 0 bridgehead atoms. The molecule has 0 aliphatic rings. The fourth-order valence-electron chi connectivity index (χ4n) is 1.50. The molecule has 1 heterocycles. The second-order valence-corrected chi connectivity index (χ2v) is 4.70. The van der Waals surface area contributed by atoms with E-state index < -0.39 is 11.7 Å². The van der Waals surface area contributed by atoms with Crippen LogP contribution in [-0.4, -0.2) is 10.9 Å². The van der Waals surface area contributed by atoms with E-state index in [0.717, 1.165) is 11.6 Å². The number of pyridine rings is 1. The summed E-state index contributed by atoms with van der Waals surface area (Å²) in [6, 6.07) is 5.51. The van der Waals surface area contributed by atoms with E-state index in [2.05, 4.69) is 10.3 Å². The number of amides is 1. The first kappa shape index (κ1) is 13.8. The normalized spacial score (nSPS) is 10.3. The van der Waals surface area contributed by atoms with Crippen LogP contribution in [0.4, 0.5) is 10.1 Å². The molecule has 98 valence electrons. The zero-order valence-electron chi connectivity index (χ0n) is 9.88. The number of benzene rings is 1. The number of aryl methyl sites for hydroxylation is 1. The van der Waals surface area contributed by atoms with Crippen LogP contribution in [-0.2, 0) is 0 Å². The van der Waals surface area contributed by atoms with Gasteiger partial charge in [-0.3, -0.25) is 4.79 Å². The fraction of sp³-hybridized carbons (Fsp3) is 0.0769. The summed E-state index contributed by atoms with van der Waals surface area (Å²) in [5, 5.41) is 3.13. The maximum absolute atomic E-state index is 13.6. The maximum Gasteiger partial charge on any atom is 0.258 e. The monoisotopic (exact) mass is 298 g/mol. The molecule has 1 N–H and O–H groups in total. The molecule has 1 amide bonds. The van der Waals surface area contributed by atoms with Crippen LogP contribution in [0, 0.1) is 12.7 Å². The molecule has 0 spiro atoms. The van der Waals surface area contributed by atoms with E-state index in [9.17, 15) is 9.18 Å². The number of hydrogen-bond acceptors (Lipinski definition) is 2. The molecule has 6 heteroatoms. The Labute approximate surface area is 119 Å². The Balaban J connectivity index is 2.23. The van der Waals surface area contributed by atoms with Gasteiger partial charge in [-0.15, -0.1) is 0 Å². The highest BCUT2D eigenvalue weighted by molar-refractivity contribution is 6.30. The smallest absolute Gasteiger partial charge is 0.258 e. The van der Waals surface area contributed by atoms with E-state index in [0.29, 0.717) is 10.8 Å². The first-order valence-corrected chi connectivity index (χ1v) is 6.11. The van der Waals surface area contributed by atoms with Crippen LogP contribution in [0.25, 0.3) is 0 Å². The van der Waals surface area contributed by atoms with Gasteiger partial charge in [-0.25, -0.2) is 9.37 Å². The van der Waals surface area contributed by atoms with Crippen LogP contribution >= 0.6 is 23.2 Å². The van der Waals surface area contributed by atoms with Crippen molar-refractivity contribution in [1.29, 1.82) is 0 Å². The lowest BCUT2D eigenvalue weighted by Crippen LogP contribution is -2.14. The average Bonchev–Trinajstić information content (AvgIpc) is 2.33. The van der Waals surface area contributed by atoms with Gasteiger partial charge in [-0.2, -0.15) is 0 Å². The van der Waals surface area contributed by atoms with Crippen molar-refractivity contribution in [3.8, 4) is 0 Å². The van der Waals surface area contributed by atoms with Gasteiger partial charge < -0.3 is 5.32 Å². The summed E-state index contributed by atoms with van der Waals surface area (Å²) in [5.74, 6) is -1.25. The first-order chi connectivity index (χ1) is 8.97. The van der Waals surface area contributed by atoms with Gasteiger partial charge in [0, 0.05) is 5.02 Å². The quantitative estimate of drug-likeness (QED) is 0.849. The fourth-order valence-corrected chi connectivity index (χ4v) is 1.76. The third-order valence-corrected chi connectivity index (χ3v) is 3.08. The second-order valence-electron chi connectivity index (χ2n) is 3.91. The van der Waals surface area contributed by atoms with E-state index in [1.807, 2.05) is 0 Å². The van der Waals surface area contributed by atoms with Crippen molar-refractivity contribution in [2.45, 2.75) is 6.92 Å². The Morgan fingerprint density at radius 2 is 2.05 bits per heavy atom. The largest absolute Gasteiger partial charge is 0.320 e. The lowest BCUT2D eigenvalue weighted by atomic mass is 10.2. The minimum Gasteiger partial charge on any atom is -0.320 e. The van der Waals surface area contributed by atoms with Gasteiger partial charge in [0.15, 0.2) is 0 Å². The maximum atomic E-state index is 13.6. The Bertz CT molecular complexity index is 647. The third kappa shape index (κ3) is 3.22. The molecule has 0 saturated heterocycles. The number of carbonyl (C=O) groups is 1. The molecule has 0 aliphatic carbocycles. The van der Waals surface area contributed by atoms with E-state index in [1.54, 1.807) is 13.0 Å². The number of anilines is 1. The van der Waals surface area contributed by atoms with Crippen molar-refractivity contribution in [2.75, 3.05) is 5.32 Å². The van der Waals surface area contributed by atoms with Gasteiger partial charge in [0.05, 0.1) is 17.4 Å². The van der Waals surface area contributed by atoms with Gasteiger partial charge in [0.25, 0.3) is 5.91 Å². The Morgan fingerprint density at radius 3 is 2.68 bits per heavy atom. The number of nitrogens with one attached hydrogen (secondary N) is 1. The van der Waals surface area contributed by atoms with Gasteiger partial charge in [0.1, 0.15) is 11.0 Å². The van der Waals surface area contributed by atoms with Crippen LogP contribution in [0.3, 0.4) is 0 Å². The molecule has 0 unspecified atom stereocenters. The van der Waals surface area contributed by atoms with E-state index in [4.69, 9.17) is 23.2 Å². The van der Waals surface area contributed by atoms with Gasteiger partial charge >= 0.3 is 0 Å². The topological polar surface area (TPSA) is 42.0 Å². The molecule has 2 aromatic rings. The number of hydrogen-bond donors (Lipinski definition) is 1. The van der Waals surface area contributed by atoms with Crippen molar-refractivity contribution in [3.05, 3.63) is 57.6 Å². The average molecular weight is 299 g/mol. The van der Waals surface area contributed by atoms with Gasteiger partial charge in [-0.05, 0) is 36.8 Å². The summed E-state index contributed by atoms with van der Waals surface area (Å²) in [4.78, 5) is 15.8. The molecule has 0 radical (unpaired) electrons. The molecular weight excluding hydrogens is 290 g/mol. The number of halogens is 3. The van der Waals surface area contributed by atoms with Gasteiger partial charge in [0.2, 0.25) is 0 Å². The summed E-state index contributed by atoms with van der Waals surface area (Å²) in [7, 11) is 0. The van der Waals surface area contributed by atoms with Crippen LogP contribution < -0.4 is 5.32 Å². The van der Waals surface area contributed by atoms with Gasteiger partial charge in [-0.1, -0.05) is 23.2 Å². The summed E-state index contributed by atoms with van der Waals surface area (Å²) >= 11 is 11.4. The summed E-state index contributed by atoms with van der Waals surface area (Å²) < 4.78 is 13.6. The van der Waals surface area contributed by atoms with Crippen molar-refractivity contribution in [3.63, 3.8) is 0 Å². The van der Waals surface area contributed by atoms with Crippen molar-refractivity contribution >= 4 is 34.8 Å². The molecule has 0 saturated carbocycles. The minimum atomic E-state index is -0.677. The molecule has 1 aromatic heterocycles. The van der Waals surface area contributed by atoms with Crippen molar-refractivity contribution < 1.29 is 9.18 Å². The second kappa shape index (κ2) is 5.55. The Morgan fingerprint density at radius 1 is 1.32 bits per heavy atom. The lowest BCUT2D eigenvalue weighted by molar-refractivity contribution is 0.102. The minimum absolute atomic E-state index is 0.0861. The molecule has 3 nitrogen and oxygen atoms in total. The standard InChI is InChI=1S/C13H9Cl2FN2O/c1-7-4-9(6-17-12(7)15)18-13(19)10-3-2-8(14)5-11(10)16/h2-6H,1H3,(H,18,19). The highest BCUT2D eigenvalue weighted by Gasteiger charge is 2.12. The number of carbonyl (C=O) groups excluding carboxylic acids is 1. The van der Waals surface area contributed by atoms with E-state index in [1.165, 1.54) is 18.3 Å². The van der Waals surface area contributed by atoms with Crippen LogP contribution in [0.15, 0.2) is 30.5 Å². The Kier molecular flexibility index (Phi) is 4.02. The van der Waals surface area contributed by atoms with Crippen molar-refractivity contribution in [1.82, 2.24) is 4.98 Å². The molecule has 0 fully saturated rings.